The zero-order valence-corrected chi connectivity index (χ0v) is 18.3. The van der Waals surface area contributed by atoms with Gasteiger partial charge in [-0.1, -0.05) is 48.0 Å². The summed E-state index contributed by atoms with van der Waals surface area (Å²) < 4.78 is 13.5. The van der Waals surface area contributed by atoms with Gasteiger partial charge in [0.25, 0.3) is 5.91 Å². The maximum atomic E-state index is 13.5. The SMILES string of the molecule is C/C=C(F)\C=C/CN1C(=O)/C=C/C=CC(C2=NOC(C)C2)/C=C/N=C\1CCCCCO. The van der Waals surface area contributed by atoms with E-state index in [-0.39, 0.29) is 36.9 Å². The molecule has 7 heteroatoms. The Hall–Kier alpha value is -2.80. The number of hydrogen-bond donors (Lipinski definition) is 1. The van der Waals surface area contributed by atoms with Gasteiger partial charge in [-0.25, -0.2) is 9.38 Å². The number of rotatable bonds is 9. The van der Waals surface area contributed by atoms with Crippen molar-refractivity contribution in [3.05, 3.63) is 60.6 Å². The van der Waals surface area contributed by atoms with Crippen LogP contribution in [0.2, 0.25) is 0 Å². The second kappa shape index (κ2) is 13.5. The van der Waals surface area contributed by atoms with Crippen LogP contribution in [0.15, 0.2) is 70.8 Å². The Kier molecular flexibility index (Phi) is 10.6. The van der Waals surface area contributed by atoms with E-state index in [1.54, 1.807) is 30.2 Å². The van der Waals surface area contributed by atoms with Crippen molar-refractivity contribution in [3.8, 4) is 0 Å². The van der Waals surface area contributed by atoms with E-state index in [4.69, 9.17) is 9.94 Å². The number of amides is 1. The van der Waals surface area contributed by atoms with Crippen molar-refractivity contribution >= 4 is 17.5 Å². The molecule has 0 fully saturated rings. The van der Waals surface area contributed by atoms with E-state index in [9.17, 15) is 9.18 Å². The van der Waals surface area contributed by atoms with Crippen LogP contribution >= 0.6 is 0 Å². The van der Waals surface area contributed by atoms with E-state index in [0.29, 0.717) is 18.7 Å². The van der Waals surface area contributed by atoms with E-state index < -0.39 is 0 Å². The molecule has 1 N–H and O–H groups in total. The van der Waals surface area contributed by atoms with Gasteiger partial charge in [0, 0.05) is 44.2 Å². The second-order valence-corrected chi connectivity index (χ2v) is 7.42. The highest BCUT2D eigenvalue weighted by atomic mass is 19.1. The van der Waals surface area contributed by atoms with Crippen molar-refractivity contribution in [2.75, 3.05) is 13.2 Å². The number of aliphatic imine (C=N–C) groups is 1. The second-order valence-electron chi connectivity index (χ2n) is 7.42. The van der Waals surface area contributed by atoms with Gasteiger partial charge in [0.2, 0.25) is 0 Å². The van der Waals surface area contributed by atoms with Crippen LogP contribution in [0.25, 0.3) is 0 Å². The van der Waals surface area contributed by atoms with Crippen molar-refractivity contribution < 1.29 is 19.1 Å². The van der Waals surface area contributed by atoms with E-state index in [2.05, 4.69) is 10.1 Å². The highest BCUT2D eigenvalue weighted by Gasteiger charge is 2.21. The standard InChI is InChI=1S/C24H32FN3O3/c1-3-21(25)11-9-16-28-23(12-5-4-8-17-29)26-15-14-20(10-6-7-13-24(28)30)22-18-19(2)31-27-22/h3,6-7,9-11,13-15,19-20,29H,4-5,8,12,16-18H2,1-2H3/b10-6?,11-9-,13-7+,15-14+,21-3+,26-23-. The van der Waals surface area contributed by atoms with Gasteiger partial charge in [-0.05, 0) is 32.8 Å². The molecule has 0 aromatic carbocycles. The van der Waals surface area contributed by atoms with Crippen molar-refractivity contribution in [2.45, 2.75) is 52.1 Å². The number of halogens is 1. The van der Waals surface area contributed by atoms with Crippen LogP contribution in [0, 0.1) is 5.92 Å². The number of unbranched alkanes of at least 4 members (excludes halogenated alkanes) is 2. The largest absolute Gasteiger partial charge is 0.396 e. The number of oxime groups is 1. The molecule has 0 saturated carbocycles. The molecule has 2 heterocycles. The van der Waals surface area contributed by atoms with Crippen LogP contribution in [-0.4, -0.2) is 46.7 Å². The monoisotopic (exact) mass is 429 g/mol. The third-order valence-electron chi connectivity index (χ3n) is 4.89. The van der Waals surface area contributed by atoms with Crippen molar-refractivity contribution in [3.63, 3.8) is 0 Å². The molecule has 0 spiro atoms. The number of nitrogens with zero attached hydrogens (tertiary/aromatic N) is 3. The lowest BCUT2D eigenvalue weighted by Crippen LogP contribution is -2.36. The summed E-state index contributed by atoms with van der Waals surface area (Å²) in [5.41, 5.74) is 0.917. The molecule has 0 aromatic heterocycles. The lowest BCUT2D eigenvalue weighted by molar-refractivity contribution is -0.122. The molecule has 0 aromatic rings. The topological polar surface area (TPSA) is 74.5 Å². The minimum atomic E-state index is -0.359. The van der Waals surface area contributed by atoms with Crippen LogP contribution in [0.3, 0.4) is 0 Å². The minimum absolute atomic E-state index is 0.0533. The maximum absolute atomic E-state index is 13.5. The number of allylic oxidation sites excluding steroid dienone is 7. The third kappa shape index (κ3) is 8.45. The maximum Gasteiger partial charge on any atom is 0.252 e. The Balaban J connectivity index is 2.28. The molecule has 2 aliphatic heterocycles. The van der Waals surface area contributed by atoms with Crippen LogP contribution in [0.5, 0.6) is 0 Å². The van der Waals surface area contributed by atoms with Gasteiger partial charge in [-0.2, -0.15) is 0 Å². The predicted molar refractivity (Wildman–Crippen MR) is 122 cm³/mol. The molecule has 2 unspecified atom stereocenters. The Morgan fingerprint density at radius 2 is 2.16 bits per heavy atom. The van der Waals surface area contributed by atoms with Crippen molar-refractivity contribution in [1.29, 1.82) is 0 Å². The summed E-state index contributed by atoms with van der Waals surface area (Å²) >= 11 is 0. The molecular weight excluding hydrogens is 397 g/mol. The summed E-state index contributed by atoms with van der Waals surface area (Å²) in [6.45, 7) is 3.93. The zero-order valence-electron chi connectivity index (χ0n) is 18.3. The average molecular weight is 430 g/mol. The Labute approximate surface area is 183 Å². The summed E-state index contributed by atoms with van der Waals surface area (Å²) in [6.07, 6.45) is 18.6. The van der Waals surface area contributed by atoms with E-state index >= 15 is 0 Å². The van der Waals surface area contributed by atoms with Gasteiger partial charge in [-0.15, -0.1) is 0 Å². The summed E-state index contributed by atoms with van der Waals surface area (Å²) in [7, 11) is 0. The fourth-order valence-electron chi connectivity index (χ4n) is 3.17. The molecule has 0 aliphatic carbocycles. The van der Waals surface area contributed by atoms with Crippen molar-refractivity contribution in [1.82, 2.24) is 4.90 Å². The van der Waals surface area contributed by atoms with Gasteiger partial charge < -0.3 is 9.94 Å². The molecule has 0 bridgehead atoms. The van der Waals surface area contributed by atoms with Crippen LogP contribution < -0.4 is 0 Å². The Morgan fingerprint density at radius 1 is 1.32 bits per heavy atom. The first kappa shape index (κ1) is 24.5. The molecule has 2 aliphatic rings. The molecule has 2 atom stereocenters. The van der Waals surface area contributed by atoms with Gasteiger partial charge in [0.1, 0.15) is 17.8 Å². The smallest absolute Gasteiger partial charge is 0.252 e. The predicted octanol–water partition coefficient (Wildman–Crippen LogP) is 4.62. The average Bonchev–Trinajstić information content (AvgIpc) is 3.19. The number of carbonyl (C=O) groups excluding carboxylic acids is 1. The fraction of sp³-hybridized carbons (Fsp3) is 0.458. The highest BCUT2D eigenvalue weighted by Crippen LogP contribution is 2.19. The van der Waals surface area contributed by atoms with Gasteiger partial charge in [0.05, 0.1) is 5.71 Å². The molecule has 0 radical (unpaired) electrons. The third-order valence-corrected chi connectivity index (χ3v) is 4.89. The number of carbonyl (C=O) groups is 1. The Morgan fingerprint density at radius 3 is 2.87 bits per heavy atom. The van der Waals surface area contributed by atoms with E-state index in [1.165, 1.54) is 18.2 Å². The van der Waals surface area contributed by atoms with Crippen LogP contribution in [0.4, 0.5) is 4.39 Å². The highest BCUT2D eigenvalue weighted by molar-refractivity contribution is 6.03. The minimum Gasteiger partial charge on any atom is -0.396 e. The molecule has 31 heavy (non-hydrogen) atoms. The van der Waals surface area contributed by atoms with E-state index in [1.807, 2.05) is 25.2 Å². The van der Waals surface area contributed by atoms with Crippen LogP contribution in [-0.2, 0) is 9.63 Å². The molecule has 0 saturated heterocycles. The lowest BCUT2D eigenvalue weighted by atomic mass is 9.98. The van der Waals surface area contributed by atoms with Gasteiger partial charge in [-0.3, -0.25) is 9.69 Å². The Bertz CT molecular complexity index is 809. The summed E-state index contributed by atoms with van der Waals surface area (Å²) in [5.74, 6) is -0.0489. The first-order valence-corrected chi connectivity index (χ1v) is 10.8. The molecule has 6 nitrogen and oxygen atoms in total. The fourth-order valence-corrected chi connectivity index (χ4v) is 3.17. The molecule has 1 amide bonds. The number of amidine groups is 1. The van der Waals surface area contributed by atoms with Gasteiger partial charge >= 0.3 is 0 Å². The van der Waals surface area contributed by atoms with Crippen molar-refractivity contribution in [2.24, 2.45) is 16.1 Å². The lowest BCUT2D eigenvalue weighted by Gasteiger charge is -2.21. The number of hydrogen-bond acceptors (Lipinski definition) is 5. The van der Waals surface area contributed by atoms with Gasteiger partial charge in [0.15, 0.2) is 0 Å². The molecule has 168 valence electrons. The zero-order chi connectivity index (χ0) is 22.5. The van der Waals surface area contributed by atoms with Crippen LogP contribution in [0.1, 0.15) is 46.0 Å². The quantitative estimate of drug-likeness (QED) is 0.429. The number of aliphatic hydroxyl groups is 1. The van der Waals surface area contributed by atoms with E-state index in [0.717, 1.165) is 25.0 Å². The molecule has 2 rings (SSSR count). The summed E-state index contributed by atoms with van der Waals surface area (Å²) in [5, 5.41) is 13.2. The normalized spacial score (nSPS) is 26.3. The molecular formula is C24H32FN3O3. The number of aliphatic hydroxyl groups excluding tert-OH is 1. The summed E-state index contributed by atoms with van der Waals surface area (Å²) in [4.78, 5) is 24.3. The summed E-state index contributed by atoms with van der Waals surface area (Å²) in [6, 6.07) is 0. The first-order chi connectivity index (χ1) is 15.0. The first-order valence-electron chi connectivity index (χ1n) is 10.8.